The molecular formula is C25H24F7NO5. The topological polar surface area (TPSA) is 87.1 Å². The molecular weight excluding hydrogens is 527 g/mol. The van der Waals surface area contributed by atoms with Gasteiger partial charge in [-0.3, -0.25) is 4.90 Å². The van der Waals surface area contributed by atoms with Gasteiger partial charge in [-0.2, -0.15) is 26.3 Å². The van der Waals surface area contributed by atoms with E-state index < -0.39 is 35.7 Å². The Morgan fingerprint density at radius 2 is 1.47 bits per heavy atom. The Kier molecular flexibility index (Phi) is 8.90. The van der Waals surface area contributed by atoms with Crippen molar-refractivity contribution in [1.29, 1.82) is 0 Å². The molecule has 1 saturated heterocycles. The number of halogens is 7. The zero-order valence-electron chi connectivity index (χ0n) is 19.8. The van der Waals surface area contributed by atoms with Crippen molar-refractivity contribution >= 4 is 11.9 Å². The SMILES string of the molecule is O=C(O)C(F)(F)F.O=C(O)c1cc(C2CC2)c(CN2CCC(Oc3ccc(C(F)(F)F)cc3)CC2)cc1F. The van der Waals surface area contributed by atoms with Crippen LogP contribution in [0.3, 0.4) is 0 Å². The number of hydrogen-bond donors (Lipinski definition) is 2. The maximum absolute atomic E-state index is 14.2. The number of alkyl halides is 6. The van der Waals surface area contributed by atoms with E-state index in [0.29, 0.717) is 44.1 Å². The minimum absolute atomic E-state index is 0.0954. The quantitative estimate of drug-likeness (QED) is 0.423. The fraction of sp³-hybridized carbons (Fsp3) is 0.440. The molecule has 0 radical (unpaired) electrons. The van der Waals surface area contributed by atoms with Gasteiger partial charge in [0.1, 0.15) is 17.7 Å². The number of nitrogens with zero attached hydrogens (tertiary/aromatic N) is 1. The highest BCUT2D eigenvalue weighted by Gasteiger charge is 2.38. The van der Waals surface area contributed by atoms with Crippen molar-refractivity contribution < 1.29 is 55.3 Å². The standard InChI is InChI=1S/C23H23F4NO3.C2HF3O2/c24-21-11-15(19(14-1-2-14)12-20(21)22(29)30)13-28-9-7-18(8-10-28)31-17-5-3-16(4-6-17)23(25,26)27;3-2(4,5)1(6)7/h3-6,11-12,14,18H,1-2,7-10,13H2,(H,29,30);(H,6,7). The molecule has 0 atom stereocenters. The molecule has 4 rings (SSSR count). The van der Waals surface area contributed by atoms with Crippen molar-refractivity contribution in [3.63, 3.8) is 0 Å². The Hall–Kier alpha value is -3.35. The predicted octanol–water partition coefficient (Wildman–Crippen LogP) is 6.10. The molecule has 1 saturated carbocycles. The van der Waals surface area contributed by atoms with Crippen molar-refractivity contribution in [2.24, 2.45) is 0 Å². The van der Waals surface area contributed by atoms with Gasteiger partial charge >= 0.3 is 24.3 Å². The van der Waals surface area contributed by atoms with Crippen LogP contribution in [0.5, 0.6) is 5.75 Å². The van der Waals surface area contributed by atoms with Crippen LogP contribution < -0.4 is 4.74 Å². The zero-order chi connectivity index (χ0) is 28.3. The van der Waals surface area contributed by atoms with Crippen LogP contribution in [0.15, 0.2) is 36.4 Å². The average molecular weight is 551 g/mol. The van der Waals surface area contributed by atoms with Gasteiger partial charge in [-0.25, -0.2) is 14.0 Å². The van der Waals surface area contributed by atoms with E-state index >= 15 is 0 Å². The summed E-state index contributed by atoms with van der Waals surface area (Å²) in [5.74, 6) is -4.02. The molecule has 0 aromatic heterocycles. The molecule has 0 bridgehead atoms. The van der Waals surface area contributed by atoms with Crippen LogP contribution in [0.2, 0.25) is 0 Å². The molecule has 13 heteroatoms. The molecule has 0 spiro atoms. The molecule has 1 aliphatic carbocycles. The van der Waals surface area contributed by atoms with Crippen molar-refractivity contribution in [1.82, 2.24) is 4.90 Å². The third-order valence-corrected chi connectivity index (χ3v) is 6.13. The number of hydrogen-bond acceptors (Lipinski definition) is 4. The first kappa shape index (κ1) is 29.2. The third-order valence-electron chi connectivity index (χ3n) is 6.13. The maximum atomic E-state index is 14.2. The number of piperidine rings is 1. The van der Waals surface area contributed by atoms with Gasteiger partial charge in [0.2, 0.25) is 0 Å². The van der Waals surface area contributed by atoms with E-state index in [9.17, 15) is 40.6 Å². The summed E-state index contributed by atoms with van der Waals surface area (Å²) in [6.45, 7) is 1.95. The lowest BCUT2D eigenvalue weighted by Crippen LogP contribution is -2.38. The van der Waals surface area contributed by atoms with Crippen LogP contribution in [-0.2, 0) is 17.5 Å². The monoisotopic (exact) mass is 551 g/mol. The van der Waals surface area contributed by atoms with Gasteiger partial charge in [-0.15, -0.1) is 0 Å². The Labute approximate surface area is 212 Å². The lowest BCUT2D eigenvalue weighted by molar-refractivity contribution is -0.192. The molecule has 6 nitrogen and oxygen atoms in total. The summed E-state index contributed by atoms with van der Waals surface area (Å²) in [4.78, 5) is 22.3. The summed E-state index contributed by atoms with van der Waals surface area (Å²) in [7, 11) is 0. The predicted molar refractivity (Wildman–Crippen MR) is 119 cm³/mol. The highest BCUT2D eigenvalue weighted by Crippen LogP contribution is 2.43. The van der Waals surface area contributed by atoms with Crippen molar-refractivity contribution in [3.8, 4) is 5.75 Å². The molecule has 2 aromatic carbocycles. The molecule has 0 unspecified atom stereocenters. The first-order valence-corrected chi connectivity index (χ1v) is 11.6. The molecule has 1 heterocycles. The fourth-order valence-corrected chi connectivity index (χ4v) is 4.05. The smallest absolute Gasteiger partial charge is 0.490 e. The normalized spacial score (nSPS) is 16.9. The molecule has 208 valence electrons. The Morgan fingerprint density at radius 3 is 1.92 bits per heavy atom. The minimum Gasteiger partial charge on any atom is -0.490 e. The van der Waals surface area contributed by atoms with Gasteiger partial charge in [0.15, 0.2) is 0 Å². The number of carbonyl (C=O) groups is 2. The largest absolute Gasteiger partial charge is 0.490 e. The molecule has 1 aliphatic heterocycles. The lowest BCUT2D eigenvalue weighted by atomic mass is 9.98. The Morgan fingerprint density at radius 1 is 0.921 bits per heavy atom. The van der Waals surface area contributed by atoms with Crippen molar-refractivity contribution in [2.45, 2.75) is 56.6 Å². The van der Waals surface area contributed by atoms with Crippen LogP contribution in [-0.4, -0.2) is 52.4 Å². The summed E-state index contributed by atoms with van der Waals surface area (Å²) < 4.78 is 89.8. The molecule has 2 aliphatic rings. The number of likely N-dealkylation sites (tertiary alicyclic amines) is 1. The molecule has 0 amide bonds. The van der Waals surface area contributed by atoms with E-state index in [1.165, 1.54) is 24.3 Å². The summed E-state index contributed by atoms with van der Waals surface area (Å²) in [5, 5.41) is 16.3. The molecule has 38 heavy (non-hydrogen) atoms. The number of benzene rings is 2. The van der Waals surface area contributed by atoms with E-state index in [0.717, 1.165) is 36.1 Å². The van der Waals surface area contributed by atoms with E-state index in [1.54, 1.807) is 0 Å². The van der Waals surface area contributed by atoms with Gasteiger partial charge in [-0.1, -0.05) is 0 Å². The van der Waals surface area contributed by atoms with Crippen LogP contribution in [0.1, 0.15) is 58.6 Å². The number of aliphatic carboxylic acids is 1. The van der Waals surface area contributed by atoms with Gasteiger partial charge in [-0.05, 0) is 79.1 Å². The number of carboxylic acid groups (broad SMARTS) is 2. The number of rotatable bonds is 6. The number of carboxylic acids is 2. The van der Waals surface area contributed by atoms with E-state index in [4.69, 9.17) is 14.6 Å². The lowest BCUT2D eigenvalue weighted by Gasteiger charge is -2.32. The van der Waals surface area contributed by atoms with Crippen LogP contribution in [0.25, 0.3) is 0 Å². The van der Waals surface area contributed by atoms with Gasteiger partial charge in [0.05, 0.1) is 11.1 Å². The number of ether oxygens (including phenoxy) is 1. The van der Waals surface area contributed by atoms with Gasteiger partial charge in [0, 0.05) is 19.6 Å². The Bertz CT molecular complexity index is 1140. The van der Waals surface area contributed by atoms with E-state index in [2.05, 4.69) is 4.90 Å². The highest BCUT2D eigenvalue weighted by atomic mass is 19.4. The van der Waals surface area contributed by atoms with Crippen molar-refractivity contribution in [2.75, 3.05) is 13.1 Å². The van der Waals surface area contributed by atoms with Gasteiger partial charge < -0.3 is 14.9 Å². The second-order valence-electron chi connectivity index (χ2n) is 9.03. The summed E-state index contributed by atoms with van der Waals surface area (Å²) >= 11 is 0. The van der Waals surface area contributed by atoms with E-state index in [1.807, 2.05) is 0 Å². The third kappa shape index (κ3) is 8.07. The summed E-state index contributed by atoms with van der Waals surface area (Å²) in [5.41, 5.74) is 0.755. The summed E-state index contributed by atoms with van der Waals surface area (Å²) in [6.07, 6.45) is -6.17. The fourth-order valence-electron chi connectivity index (χ4n) is 4.05. The van der Waals surface area contributed by atoms with Crippen LogP contribution in [0, 0.1) is 5.82 Å². The molecule has 2 fully saturated rings. The van der Waals surface area contributed by atoms with Crippen LogP contribution >= 0.6 is 0 Å². The van der Waals surface area contributed by atoms with Crippen molar-refractivity contribution in [3.05, 3.63) is 64.5 Å². The highest BCUT2D eigenvalue weighted by molar-refractivity contribution is 5.88. The summed E-state index contributed by atoms with van der Waals surface area (Å²) in [6, 6.07) is 7.53. The first-order valence-electron chi connectivity index (χ1n) is 11.6. The molecule has 2 N–H and O–H groups in total. The zero-order valence-corrected chi connectivity index (χ0v) is 19.8. The number of aromatic carboxylic acids is 1. The second-order valence-corrected chi connectivity index (χ2v) is 9.03. The minimum atomic E-state index is -5.08. The first-order chi connectivity index (χ1) is 17.6. The van der Waals surface area contributed by atoms with Gasteiger partial charge in [0.25, 0.3) is 0 Å². The maximum Gasteiger partial charge on any atom is 0.490 e. The second kappa shape index (κ2) is 11.6. The average Bonchev–Trinajstić information content (AvgIpc) is 3.65. The van der Waals surface area contributed by atoms with Crippen LogP contribution in [0.4, 0.5) is 30.7 Å². The molecule has 2 aromatic rings. The van der Waals surface area contributed by atoms with E-state index in [-0.39, 0.29) is 11.7 Å². The Balaban J connectivity index is 0.000000505.